The maximum Gasteiger partial charge on any atom is 0.0738 e. The van der Waals surface area contributed by atoms with Gasteiger partial charge in [0.1, 0.15) is 0 Å². The van der Waals surface area contributed by atoms with Gasteiger partial charge in [-0.25, -0.2) is 5.43 Å². The Bertz CT molecular complexity index is 42.1. The molecule has 2 N–H and O–H groups in total. The van der Waals surface area contributed by atoms with Crippen LogP contribution in [0.3, 0.4) is 0 Å². The molecule has 1 fully saturated rings. The second-order valence-electron chi connectivity index (χ2n) is 1.11. The molecule has 0 atom stereocenters. The summed E-state index contributed by atoms with van der Waals surface area (Å²) in [6, 6.07) is 0. The van der Waals surface area contributed by atoms with E-state index < -0.39 is 0 Å². The highest BCUT2D eigenvalue weighted by molar-refractivity contribution is 14.1. The van der Waals surface area contributed by atoms with Gasteiger partial charge in [-0.2, -0.15) is 3.22 Å². The van der Waals surface area contributed by atoms with Crippen LogP contribution in [0.25, 0.3) is 0 Å². The van der Waals surface area contributed by atoms with E-state index in [4.69, 9.17) is 0 Å². The summed E-state index contributed by atoms with van der Waals surface area (Å²) in [6.07, 6.45) is 0. The van der Waals surface area contributed by atoms with Gasteiger partial charge >= 0.3 is 0 Å². The smallest absolute Gasteiger partial charge is 0.0738 e. The molecule has 0 amide bonds. The third-order valence-corrected chi connectivity index (χ3v) is 1.31. The predicted octanol–water partition coefficient (Wildman–Crippen LogP) is -0.339. The lowest BCUT2D eigenvalue weighted by molar-refractivity contribution is 0.499. The van der Waals surface area contributed by atoms with E-state index in [1.165, 1.54) is 0 Å². The van der Waals surface area contributed by atoms with Gasteiger partial charge in [0.2, 0.25) is 0 Å². The third kappa shape index (κ3) is 1.04. The van der Waals surface area contributed by atoms with Crippen LogP contribution in [-0.4, -0.2) is 16.6 Å². The second kappa shape index (κ2) is 2.06. The molecule has 0 aromatic carbocycles. The third-order valence-electron chi connectivity index (χ3n) is 0.626. The summed E-state index contributed by atoms with van der Waals surface area (Å²) in [5.74, 6) is 0. The molecule has 6 heavy (non-hydrogen) atoms. The van der Waals surface area contributed by atoms with Crippen molar-refractivity contribution >= 4 is 22.9 Å². The topological polar surface area (TPSA) is 27.3 Å². The zero-order valence-electron chi connectivity index (χ0n) is 3.24. The highest BCUT2D eigenvalue weighted by Crippen LogP contribution is 1.91. The van der Waals surface area contributed by atoms with Crippen molar-refractivity contribution in [2.75, 3.05) is 13.3 Å². The maximum absolute atomic E-state index is 3.08. The Kier molecular flexibility index (Phi) is 1.63. The Labute approximate surface area is 50.5 Å². The molecule has 4 heteroatoms. The van der Waals surface area contributed by atoms with Crippen LogP contribution in [0.1, 0.15) is 0 Å². The molecule has 1 saturated heterocycles. The Morgan fingerprint density at radius 1 is 1.67 bits per heavy atom. The largest absolute Gasteiger partial charge is 0.289 e. The monoisotopic (exact) mass is 199 g/mol. The summed E-state index contributed by atoms with van der Waals surface area (Å²) in [7, 11) is 0. The highest BCUT2D eigenvalue weighted by atomic mass is 127. The lowest BCUT2D eigenvalue weighted by Crippen LogP contribution is -2.18. The quantitative estimate of drug-likeness (QED) is 0.413. The average molecular weight is 199 g/mol. The van der Waals surface area contributed by atoms with E-state index in [-0.39, 0.29) is 0 Å². The van der Waals surface area contributed by atoms with Crippen molar-refractivity contribution < 1.29 is 0 Å². The van der Waals surface area contributed by atoms with E-state index in [2.05, 4.69) is 33.6 Å². The lowest BCUT2D eigenvalue weighted by Gasteiger charge is -1.97. The molecule has 1 aliphatic rings. The van der Waals surface area contributed by atoms with E-state index in [1.807, 2.05) is 3.22 Å². The Hall–Kier alpha value is 0.610. The maximum atomic E-state index is 3.08. The fourth-order valence-electron chi connectivity index (χ4n) is 0.352. The number of halogens is 1. The summed E-state index contributed by atoms with van der Waals surface area (Å²) < 4.78 is 1.97. The van der Waals surface area contributed by atoms with Crippen LogP contribution in [0.4, 0.5) is 0 Å². The molecule has 1 aliphatic heterocycles. The SMILES string of the molecule is IN1CNCN1. The number of hydrogen-bond acceptors (Lipinski definition) is 3. The normalized spacial score (nSPS) is 25.5. The minimum atomic E-state index is 0.906. The van der Waals surface area contributed by atoms with Crippen molar-refractivity contribution in [1.29, 1.82) is 0 Å². The average Bonchev–Trinajstić information content (AvgIpc) is 1.86. The van der Waals surface area contributed by atoms with Crippen molar-refractivity contribution in [3.8, 4) is 0 Å². The van der Waals surface area contributed by atoms with E-state index in [0.717, 1.165) is 13.3 Å². The predicted molar refractivity (Wildman–Crippen MR) is 31.9 cm³/mol. The molecule has 0 bridgehead atoms. The van der Waals surface area contributed by atoms with Crippen LogP contribution >= 0.6 is 22.9 Å². The standard InChI is InChI=1S/C2H6IN3/c3-6-2-4-1-5-6/h4-5H,1-2H2. The van der Waals surface area contributed by atoms with Crippen molar-refractivity contribution in [3.05, 3.63) is 0 Å². The Balaban J connectivity index is 2.18. The molecule has 0 unspecified atom stereocenters. The lowest BCUT2D eigenvalue weighted by atomic mass is 11.1. The molecule has 1 heterocycles. The minimum absolute atomic E-state index is 0.906. The zero-order chi connectivity index (χ0) is 4.41. The number of rotatable bonds is 0. The summed E-state index contributed by atoms with van der Waals surface area (Å²) in [5, 5.41) is 3.08. The molecular weight excluding hydrogens is 193 g/mol. The van der Waals surface area contributed by atoms with Crippen LogP contribution < -0.4 is 10.7 Å². The first-order chi connectivity index (χ1) is 2.89. The molecule has 0 saturated carbocycles. The zero-order valence-corrected chi connectivity index (χ0v) is 5.40. The first kappa shape index (κ1) is 4.76. The van der Waals surface area contributed by atoms with Gasteiger partial charge in [-0.05, 0) is 0 Å². The molecular formula is C2H6IN3. The summed E-state index contributed by atoms with van der Waals surface area (Å²) in [4.78, 5) is 0. The molecule has 3 nitrogen and oxygen atoms in total. The van der Waals surface area contributed by atoms with E-state index in [9.17, 15) is 0 Å². The first-order valence-electron chi connectivity index (χ1n) is 1.77. The molecule has 0 aromatic heterocycles. The van der Waals surface area contributed by atoms with Gasteiger partial charge in [0, 0.05) is 22.9 Å². The minimum Gasteiger partial charge on any atom is -0.289 e. The fourth-order valence-corrected chi connectivity index (χ4v) is 0.763. The van der Waals surface area contributed by atoms with Gasteiger partial charge in [-0.3, -0.25) is 5.32 Å². The molecule has 0 aliphatic carbocycles. The van der Waals surface area contributed by atoms with Gasteiger partial charge in [0.15, 0.2) is 0 Å². The number of nitrogens with one attached hydrogen (secondary N) is 2. The van der Waals surface area contributed by atoms with Crippen molar-refractivity contribution in [1.82, 2.24) is 14.0 Å². The summed E-state index contributed by atoms with van der Waals surface area (Å²) >= 11 is 2.19. The molecule has 0 radical (unpaired) electrons. The first-order valence-corrected chi connectivity index (χ1v) is 2.73. The van der Waals surface area contributed by atoms with Crippen LogP contribution in [-0.2, 0) is 0 Å². The molecule has 36 valence electrons. The van der Waals surface area contributed by atoms with Crippen molar-refractivity contribution in [2.45, 2.75) is 0 Å². The summed E-state index contributed by atoms with van der Waals surface area (Å²) in [6.45, 7) is 1.85. The number of hydrazine groups is 1. The van der Waals surface area contributed by atoms with Gasteiger partial charge in [-0.15, -0.1) is 0 Å². The number of nitrogens with zero attached hydrogens (tertiary/aromatic N) is 1. The number of hydrogen-bond donors (Lipinski definition) is 2. The van der Waals surface area contributed by atoms with Gasteiger partial charge in [0.25, 0.3) is 0 Å². The highest BCUT2D eigenvalue weighted by Gasteiger charge is 2.02. The van der Waals surface area contributed by atoms with Gasteiger partial charge in [-0.1, -0.05) is 0 Å². The van der Waals surface area contributed by atoms with Gasteiger partial charge < -0.3 is 0 Å². The molecule has 0 aromatic rings. The van der Waals surface area contributed by atoms with Crippen LogP contribution in [0.5, 0.6) is 0 Å². The van der Waals surface area contributed by atoms with Crippen LogP contribution in [0.2, 0.25) is 0 Å². The van der Waals surface area contributed by atoms with Crippen molar-refractivity contribution in [2.24, 2.45) is 0 Å². The Morgan fingerprint density at radius 2 is 2.50 bits per heavy atom. The van der Waals surface area contributed by atoms with E-state index in [0.29, 0.717) is 0 Å². The molecule has 1 rings (SSSR count). The van der Waals surface area contributed by atoms with Gasteiger partial charge in [0.05, 0.1) is 13.3 Å². The van der Waals surface area contributed by atoms with E-state index >= 15 is 0 Å². The van der Waals surface area contributed by atoms with Crippen LogP contribution in [0, 0.1) is 0 Å². The van der Waals surface area contributed by atoms with Crippen LogP contribution in [0.15, 0.2) is 0 Å². The summed E-state index contributed by atoms with van der Waals surface area (Å²) in [5.41, 5.74) is 3.03. The second-order valence-corrected chi connectivity index (χ2v) is 2.27. The Morgan fingerprint density at radius 3 is 2.67 bits per heavy atom. The van der Waals surface area contributed by atoms with E-state index in [1.54, 1.807) is 0 Å². The molecule has 0 spiro atoms. The van der Waals surface area contributed by atoms with Crippen molar-refractivity contribution in [3.63, 3.8) is 0 Å². The fraction of sp³-hybridized carbons (Fsp3) is 1.00.